The summed E-state index contributed by atoms with van der Waals surface area (Å²) < 4.78 is 11.1. The summed E-state index contributed by atoms with van der Waals surface area (Å²) in [5, 5.41) is 0.0798. The maximum absolute atomic E-state index is 12.4. The van der Waals surface area contributed by atoms with Gasteiger partial charge in [0.2, 0.25) is 5.91 Å². The third-order valence-electron chi connectivity index (χ3n) is 4.81. The molecular formula is C19H28N2O3S. The molecule has 0 saturated carbocycles. The fourth-order valence-corrected chi connectivity index (χ4v) is 4.77. The number of rotatable bonds is 8. The van der Waals surface area contributed by atoms with Crippen LogP contribution in [0.2, 0.25) is 0 Å². The Hall–Kier alpha value is -1.40. The molecule has 0 N–H and O–H groups in total. The number of likely N-dealkylation sites (tertiary alicyclic amines) is 1. The van der Waals surface area contributed by atoms with Crippen LogP contribution in [0.15, 0.2) is 18.2 Å². The Bertz CT molecular complexity index is 590. The van der Waals surface area contributed by atoms with Crippen LogP contribution in [0.1, 0.15) is 37.1 Å². The SMILES string of the molecule is CCOc1cc(C2SCC(=O)N2CCCN2CCCC2)ccc1OC. The molecule has 1 atom stereocenters. The van der Waals surface area contributed by atoms with Crippen LogP contribution in [-0.2, 0) is 4.79 Å². The number of amides is 1. The van der Waals surface area contributed by atoms with Gasteiger partial charge in [-0.2, -0.15) is 0 Å². The van der Waals surface area contributed by atoms with Crippen molar-refractivity contribution in [1.29, 1.82) is 0 Å². The minimum absolute atomic E-state index is 0.0798. The van der Waals surface area contributed by atoms with E-state index in [9.17, 15) is 4.79 Å². The highest BCUT2D eigenvalue weighted by Crippen LogP contribution is 2.41. The number of hydrogen-bond acceptors (Lipinski definition) is 5. The quantitative estimate of drug-likeness (QED) is 0.709. The molecule has 3 rings (SSSR count). The van der Waals surface area contributed by atoms with Gasteiger partial charge in [0.15, 0.2) is 11.5 Å². The smallest absolute Gasteiger partial charge is 0.233 e. The Morgan fingerprint density at radius 1 is 1.20 bits per heavy atom. The monoisotopic (exact) mass is 364 g/mol. The molecule has 1 aromatic rings. The second-order valence-corrected chi connectivity index (χ2v) is 7.56. The van der Waals surface area contributed by atoms with Gasteiger partial charge >= 0.3 is 0 Å². The van der Waals surface area contributed by atoms with Gasteiger partial charge in [-0.1, -0.05) is 6.07 Å². The number of ether oxygens (including phenoxy) is 2. The highest BCUT2D eigenvalue weighted by Gasteiger charge is 2.33. The lowest BCUT2D eigenvalue weighted by Crippen LogP contribution is -2.32. The average Bonchev–Trinajstić information content (AvgIpc) is 3.26. The molecule has 2 aliphatic rings. The number of thioether (sulfide) groups is 1. The molecule has 2 heterocycles. The molecule has 2 saturated heterocycles. The van der Waals surface area contributed by atoms with E-state index in [-0.39, 0.29) is 11.3 Å². The third-order valence-corrected chi connectivity index (χ3v) is 6.07. The van der Waals surface area contributed by atoms with Crippen LogP contribution < -0.4 is 9.47 Å². The van der Waals surface area contributed by atoms with Gasteiger partial charge in [-0.15, -0.1) is 11.8 Å². The van der Waals surface area contributed by atoms with Gasteiger partial charge in [0.1, 0.15) is 5.37 Å². The molecule has 0 aromatic heterocycles. The average molecular weight is 365 g/mol. The zero-order chi connectivity index (χ0) is 17.6. The van der Waals surface area contributed by atoms with Crippen LogP contribution in [0, 0.1) is 0 Å². The molecule has 2 fully saturated rings. The van der Waals surface area contributed by atoms with Crippen molar-refractivity contribution >= 4 is 17.7 Å². The normalized spacial score (nSPS) is 21.1. The second-order valence-electron chi connectivity index (χ2n) is 6.50. The van der Waals surface area contributed by atoms with Crippen LogP contribution >= 0.6 is 11.8 Å². The minimum atomic E-state index is 0.0798. The molecule has 25 heavy (non-hydrogen) atoms. The van der Waals surface area contributed by atoms with Gasteiger partial charge < -0.3 is 19.3 Å². The van der Waals surface area contributed by atoms with Gasteiger partial charge in [-0.05, 0) is 63.5 Å². The van der Waals surface area contributed by atoms with E-state index >= 15 is 0 Å². The molecule has 1 aromatic carbocycles. The number of carbonyl (C=O) groups excluding carboxylic acids is 1. The van der Waals surface area contributed by atoms with Crippen LogP contribution in [0.3, 0.4) is 0 Å². The molecule has 0 aliphatic carbocycles. The molecule has 0 bridgehead atoms. The lowest BCUT2D eigenvalue weighted by molar-refractivity contribution is -0.128. The first-order valence-corrected chi connectivity index (χ1v) is 10.2. The predicted octanol–water partition coefficient (Wildman–Crippen LogP) is 3.15. The first-order chi connectivity index (χ1) is 12.2. The molecule has 5 nitrogen and oxygen atoms in total. The van der Waals surface area contributed by atoms with Crippen molar-refractivity contribution in [2.45, 2.75) is 31.6 Å². The molecule has 0 radical (unpaired) electrons. The summed E-state index contributed by atoms with van der Waals surface area (Å²) in [6.07, 6.45) is 3.66. The lowest BCUT2D eigenvalue weighted by atomic mass is 10.1. The summed E-state index contributed by atoms with van der Waals surface area (Å²) in [7, 11) is 1.65. The summed E-state index contributed by atoms with van der Waals surface area (Å²) in [6, 6.07) is 6.00. The van der Waals surface area contributed by atoms with E-state index in [1.165, 1.54) is 25.9 Å². The second kappa shape index (κ2) is 8.81. The fraction of sp³-hybridized carbons (Fsp3) is 0.632. The number of methoxy groups -OCH3 is 1. The number of hydrogen-bond donors (Lipinski definition) is 0. The summed E-state index contributed by atoms with van der Waals surface area (Å²) >= 11 is 1.70. The Kier molecular flexibility index (Phi) is 6.48. The third kappa shape index (κ3) is 4.42. The van der Waals surface area contributed by atoms with Crippen molar-refractivity contribution in [3.05, 3.63) is 23.8 Å². The van der Waals surface area contributed by atoms with E-state index in [1.54, 1.807) is 18.9 Å². The van der Waals surface area contributed by atoms with Crippen LogP contribution in [-0.4, -0.2) is 61.4 Å². The largest absolute Gasteiger partial charge is 0.493 e. The van der Waals surface area contributed by atoms with Crippen LogP contribution in [0.25, 0.3) is 0 Å². The van der Waals surface area contributed by atoms with Gasteiger partial charge in [0, 0.05) is 6.54 Å². The van der Waals surface area contributed by atoms with E-state index in [2.05, 4.69) is 4.90 Å². The Morgan fingerprint density at radius 2 is 2.00 bits per heavy atom. The van der Waals surface area contributed by atoms with Gasteiger partial charge in [0.05, 0.1) is 19.5 Å². The number of carbonyl (C=O) groups is 1. The molecule has 2 aliphatic heterocycles. The maximum atomic E-state index is 12.4. The van der Waals surface area contributed by atoms with Crippen molar-refractivity contribution in [3.63, 3.8) is 0 Å². The van der Waals surface area contributed by atoms with E-state index in [4.69, 9.17) is 9.47 Å². The van der Waals surface area contributed by atoms with Crippen molar-refractivity contribution in [2.24, 2.45) is 0 Å². The summed E-state index contributed by atoms with van der Waals surface area (Å²) in [4.78, 5) is 16.9. The van der Waals surface area contributed by atoms with Crippen LogP contribution in [0.4, 0.5) is 0 Å². The maximum Gasteiger partial charge on any atom is 0.233 e. The first-order valence-electron chi connectivity index (χ1n) is 9.17. The minimum Gasteiger partial charge on any atom is -0.493 e. The lowest BCUT2D eigenvalue weighted by Gasteiger charge is -2.26. The molecule has 6 heteroatoms. The van der Waals surface area contributed by atoms with E-state index in [0.717, 1.165) is 36.6 Å². The first kappa shape index (κ1) is 18.4. The molecule has 138 valence electrons. The molecule has 1 unspecified atom stereocenters. The standard InChI is InChI=1S/C19H28N2O3S/c1-3-24-17-13-15(7-8-16(17)23-2)19-21(18(22)14-25-19)12-6-11-20-9-4-5-10-20/h7-8,13,19H,3-6,9-12,14H2,1-2H3. The fourth-order valence-electron chi connectivity index (χ4n) is 3.56. The number of benzene rings is 1. The van der Waals surface area contributed by atoms with Crippen LogP contribution in [0.5, 0.6) is 11.5 Å². The summed E-state index contributed by atoms with van der Waals surface area (Å²) in [6.45, 7) is 6.89. The van der Waals surface area contributed by atoms with E-state index in [1.807, 2.05) is 30.0 Å². The zero-order valence-corrected chi connectivity index (χ0v) is 16.0. The zero-order valence-electron chi connectivity index (χ0n) is 15.2. The van der Waals surface area contributed by atoms with Gasteiger partial charge in [-0.25, -0.2) is 0 Å². The highest BCUT2D eigenvalue weighted by atomic mass is 32.2. The predicted molar refractivity (Wildman–Crippen MR) is 101 cm³/mol. The highest BCUT2D eigenvalue weighted by molar-refractivity contribution is 8.00. The Balaban J connectivity index is 1.66. The number of nitrogens with zero attached hydrogens (tertiary/aromatic N) is 2. The van der Waals surface area contributed by atoms with Gasteiger partial charge in [-0.3, -0.25) is 4.79 Å². The van der Waals surface area contributed by atoms with Crippen molar-refractivity contribution in [2.75, 3.05) is 45.6 Å². The van der Waals surface area contributed by atoms with E-state index in [0.29, 0.717) is 12.4 Å². The Morgan fingerprint density at radius 3 is 2.72 bits per heavy atom. The van der Waals surface area contributed by atoms with E-state index < -0.39 is 0 Å². The topological polar surface area (TPSA) is 42.0 Å². The molecule has 0 spiro atoms. The molecular weight excluding hydrogens is 336 g/mol. The molecule has 1 amide bonds. The van der Waals surface area contributed by atoms with Crippen molar-refractivity contribution in [3.8, 4) is 11.5 Å². The van der Waals surface area contributed by atoms with Crippen molar-refractivity contribution in [1.82, 2.24) is 9.80 Å². The van der Waals surface area contributed by atoms with Gasteiger partial charge in [0.25, 0.3) is 0 Å². The summed E-state index contributed by atoms with van der Waals surface area (Å²) in [5.41, 5.74) is 1.11. The summed E-state index contributed by atoms with van der Waals surface area (Å²) in [5.74, 6) is 2.29. The van der Waals surface area contributed by atoms with Crippen molar-refractivity contribution < 1.29 is 14.3 Å². The Labute approximate surface area is 154 Å².